The largest absolute Gasteiger partial charge is 0.373 e. The van der Waals surface area contributed by atoms with Crippen LogP contribution in [0.25, 0.3) is 0 Å². The molecule has 0 aromatic heterocycles. The molecule has 18 heavy (non-hydrogen) atoms. The van der Waals surface area contributed by atoms with E-state index in [0.717, 1.165) is 19.3 Å². The summed E-state index contributed by atoms with van der Waals surface area (Å²) in [5, 5.41) is 6.16. The third-order valence-corrected chi connectivity index (χ3v) is 3.16. The molecule has 0 radical (unpaired) electrons. The number of alkyl halides is 2. The number of hydrogen-bond acceptors (Lipinski definition) is 2. The maximum Gasteiger partial charge on any atom is 0.257 e. The standard InChI is InChI=1S/C11H19F2N3O.HI/c1-2-14-11(15-6-10(12)13)16-8-5-7-3-4-9(8)17-7;/h7-10H,2-6H2,1H3,(H2,14,15,16);1H. The van der Waals surface area contributed by atoms with Crippen LogP contribution in [0, 0.1) is 0 Å². The van der Waals surface area contributed by atoms with Gasteiger partial charge in [0, 0.05) is 6.54 Å². The Morgan fingerprint density at radius 2 is 2.22 bits per heavy atom. The second-order valence-electron chi connectivity index (χ2n) is 4.47. The summed E-state index contributed by atoms with van der Waals surface area (Å²) >= 11 is 0. The fourth-order valence-corrected chi connectivity index (χ4v) is 2.45. The van der Waals surface area contributed by atoms with Crippen LogP contribution in [0.4, 0.5) is 8.78 Å². The van der Waals surface area contributed by atoms with Gasteiger partial charge in [-0.15, -0.1) is 24.0 Å². The molecule has 2 aliphatic heterocycles. The summed E-state index contributed by atoms with van der Waals surface area (Å²) in [6.45, 7) is 2.12. The smallest absolute Gasteiger partial charge is 0.257 e. The van der Waals surface area contributed by atoms with E-state index in [0.29, 0.717) is 18.6 Å². The van der Waals surface area contributed by atoms with Crippen LogP contribution in [0.15, 0.2) is 4.99 Å². The SMILES string of the molecule is CCNC(=NCC(F)F)NC1CC2CCC1O2.I. The number of hydrogen-bond donors (Lipinski definition) is 2. The lowest BCUT2D eigenvalue weighted by Crippen LogP contribution is -2.47. The predicted octanol–water partition coefficient (Wildman–Crippen LogP) is 1.74. The third-order valence-electron chi connectivity index (χ3n) is 3.16. The van der Waals surface area contributed by atoms with Crippen molar-refractivity contribution in [1.29, 1.82) is 0 Å². The average molecular weight is 375 g/mol. The zero-order chi connectivity index (χ0) is 12.3. The second-order valence-corrected chi connectivity index (χ2v) is 4.47. The van der Waals surface area contributed by atoms with Crippen molar-refractivity contribution in [1.82, 2.24) is 10.6 Å². The number of ether oxygens (including phenoxy) is 1. The lowest BCUT2D eigenvalue weighted by atomic mass is 9.96. The maximum atomic E-state index is 12.1. The summed E-state index contributed by atoms with van der Waals surface area (Å²) in [4.78, 5) is 3.85. The Bertz CT molecular complexity index is 291. The molecule has 4 nitrogen and oxygen atoms in total. The lowest BCUT2D eigenvalue weighted by molar-refractivity contribution is 0.0992. The number of nitrogens with one attached hydrogen (secondary N) is 2. The minimum absolute atomic E-state index is 0. The molecule has 2 saturated heterocycles. The van der Waals surface area contributed by atoms with Gasteiger partial charge in [-0.25, -0.2) is 13.8 Å². The summed E-state index contributed by atoms with van der Waals surface area (Å²) < 4.78 is 29.9. The molecule has 2 aliphatic rings. The Morgan fingerprint density at radius 1 is 1.44 bits per heavy atom. The van der Waals surface area contributed by atoms with E-state index in [9.17, 15) is 8.78 Å². The first-order valence-corrected chi connectivity index (χ1v) is 6.17. The molecule has 0 amide bonds. The summed E-state index contributed by atoms with van der Waals surface area (Å²) in [6, 6.07) is 0.212. The van der Waals surface area contributed by atoms with E-state index in [1.165, 1.54) is 0 Å². The van der Waals surface area contributed by atoms with Gasteiger partial charge in [0.15, 0.2) is 5.96 Å². The summed E-state index contributed by atoms with van der Waals surface area (Å²) in [5.74, 6) is 0.467. The highest BCUT2D eigenvalue weighted by molar-refractivity contribution is 14.0. The Balaban J connectivity index is 0.00000162. The lowest BCUT2D eigenvalue weighted by Gasteiger charge is -2.22. The van der Waals surface area contributed by atoms with Gasteiger partial charge < -0.3 is 15.4 Å². The number of guanidine groups is 1. The van der Waals surface area contributed by atoms with Gasteiger partial charge in [-0.05, 0) is 26.2 Å². The van der Waals surface area contributed by atoms with Gasteiger partial charge in [-0.1, -0.05) is 0 Å². The topological polar surface area (TPSA) is 45.7 Å². The molecule has 3 unspecified atom stereocenters. The molecular weight excluding hydrogens is 355 g/mol. The fourth-order valence-electron chi connectivity index (χ4n) is 2.45. The van der Waals surface area contributed by atoms with E-state index in [2.05, 4.69) is 15.6 Å². The highest BCUT2D eigenvalue weighted by Gasteiger charge is 2.41. The van der Waals surface area contributed by atoms with Crippen LogP contribution in [-0.2, 0) is 4.74 Å². The van der Waals surface area contributed by atoms with Crippen molar-refractivity contribution >= 4 is 29.9 Å². The van der Waals surface area contributed by atoms with Crippen molar-refractivity contribution in [2.75, 3.05) is 13.1 Å². The average Bonchev–Trinajstić information content (AvgIpc) is 2.88. The van der Waals surface area contributed by atoms with Crippen molar-refractivity contribution < 1.29 is 13.5 Å². The molecule has 0 spiro atoms. The molecule has 2 heterocycles. The summed E-state index contributed by atoms with van der Waals surface area (Å²) in [7, 11) is 0. The second kappa shape index (κ2) is 7.42. The number of rotatable bonds is 4. The van der Waals surface area contributed by atoms with Crippen molar-refractivity contribution in [2.24, 2.45) is 4.99 Å². The Morgan fingerprint density at radius 3 is 2.72 bits per heavy atom. The first-order valence-electron chi connectivity index (χ1n) is 6.17. The number of fused-ring (bicyclic) bond motifs is 2. The number of nitrogens with zero attached hydrogens (tertiary/aromatic N) is 1. The van der Waals surface area contributed by atoms with Gasteiger partial charge in [0.1, 0.15) is 6.54 Å². The maximum absolute atomic E-state index is 12.1. The first-order chi connectivity index (χ1) is 8.19. The minimum Gasteiger partial charge on any atom is -0.373 e. The Labute approximate surface area is 123 Å². The third kappa shape index (κ3) is 4.18. The highest BCUT2D eigenvalue weighted by atomic mass is 127. The van der Waals surface area contributed by atoms with Crippen LogP contribution < -0.4 is 10.6 Å². The van der Waals surface area contributed by atoms with E-state index in [-0.39, 0.29) is 36.1 Å². The minimum atomic E-state index is -2.40. The van der Waals surface area contributed by atoms with Crippen molar-refractivity contribution in [3.8, 4) is 0 Å². The zero-order valence-electron chi connectivity index (χ0n) is 10.4. The zero-order valence-corrected chi connectivity index (χ0v) is 12.7. The van der Waals surface area contributed by atoms with Crippen molar-refractivity contribution in [2.45, 2.75) is 50.9 Å². The van der Waals surface area contributed by atoms with Gasteiger partial charge in [0.2, 0.25) is 0 Å². The van der Waals surface area contributed by atoms with Crippen LogP contribution in [-0.4, -0.2) is 43.7 Å². The van der Waals surface area contributed by atoms with Gasteiger partial charge in [-0.3, -0.25) is 0 Å². The molecular formula is C11H20F2IN3O. The molecule has 0 aromatic rings. The molecule has 7 heteroatoms. The number of halogens is 3. The predicted molar refractivity (Wildman–Crippen MR) is 76.8 cm³/mol. The molecule has 2 bridgehead atoms. The van der Waals surface area contributed by atoms with Crippen molar-refractivity contribution in [3.63, 3.8) is 0 Å². The fraction of sp³-hybridized carbons (Fsp3) is 0.909. The highest BCUT2D eigenvalue weighted by Crippen LogP contribution is 2.34. The normalized spacial score (nSPS) is 30.4. The molecule has 106 valence electrons. The van der Waals surface area contributed by atoms with Crippen LogP contribution in [0.5, 0.6) is 0 Å². The molecule has 2 fully saturated rings. The molecule has 0 aromatic carbocycles. The Hall–Kier alpha value is -0.180. The quantitative estimate of drug-likeness (QED) is 0.447. The van der Waals surface area contributed by atoms with E-state index in [1.54, 1.807) is 0 Å². The van der Waals surface area contributed by atoms with E-state index in [4.69, 9.17) is 4.74 Å². The van der Waals surface area contributed by atoms with Crippen molar-refractivity contribution in [3.05, 3.63) is 0 Å². The molecule has 2 rings (SSSR count). The molecule has 0 saturated carbocycles. The van der Waals surface area contributed by atoms with Crippen LogP contribution in [0.2, 0.25) is 0 Å². The molecule has 0 aliphatic carbocycles. The molecule has 2 N–H and O–H groups in total. The summed E-state index contributed by atoms with van der Waals surface area (Å²) in [6.07, 6.45) is 1.28. The monoisotopic (exact) mass is 375 g/mol. The summed E-state index contributed by atoms with van der Waals surface area (Å²) in [5.41, 5.74) is 0. The molecule has 3 atom stereocenters. The van der Waals surface area contributed by atoms with Gasteiger partial charge in [0.25, 0.3) is 6.43 Å². The van der Waals surface area contributed by atoms with Crippen LogP contribution >= 0.6 is 24.0 Å². The van der Waals surface area contributed by atoms with Gasteiger partial charge in [0.05, 0.1) is 18.2 Å². The number of aliphatic imine (C=N–C) groups is 1. The van der Waals surface area contributed by atoms with Crippen LogP contribution in [0.3, 0.4) is 0 Å². The van der Waals surface area contributed by atoms with E-state index >= 15 is 0 Å². The first kappa shape index (κ1) is 15.9. The van der Waals surface area contributed by atoms with E-state index in [1.807, 2.05) is 6.92 Å². The Kier molecular flexibility index (Phi) is 6.54. The van der Waals surface area contributed by atoms with Gasteiger partial charge in [-0.2, -0.15) is 0 Å². The van der Waals surface area contributed by atoms with E-state index < -0.39 is 13.0 Å². The van der Waals surface area contributed by atoms with Gasteiger partial charge >= 0.3 is 0 Å². The van der Waals surface area contributed by atoms with Crippen LogP contribution in [0.1, 0.15) is 26.2 Å².